The molecule has 2 heterocycles. The van der Waals surface area contributed by atoms with Crippen LogP contribution in [0.1, 0.15) is 10.4 Å². The Kier molecular flexibility index (Phi) is 2.67. The highest BCUT2D eigenvalue weighted by molar-refractivity contribution is 7.19. The lowest BCUT2D eigenvalue weighted by molar-refractivity contribution is -0.928. The van der Waals surface area contributed by atoms with Crippen molar-refractivity contribution in [1.82, 2.24) is 0 Å². The molecule has 1 aliphatic heterocycles. The molecule has 0 saturated heterocycles. The maximum atomic E-state index is 9.13. The van der Waals surface area contributed by atoms with Crippen molar-refractivity contribution < 1.29 is 9.59 Å². The van der Waals surface area contributed by atoms with Gasteiger partial charge in [-0.05, 0) is 18.2 Å². The van der Waals surface area contributed by atoms with Crippen molar-refractivity contribution in [3.8, 4) is 0 Å². The highest BCUT2D eigenvalue weighted by Crippen LogP contribution is 2.40. The molecule has 2 nitrogen and oxygen atoms in total. The van der Waals surface area contributed by atoms with Crippen LogP contribution >= 0.6 is 22.9 Å². The van der Waals surface area contributed by atoms with E-state index in [2.05, 4.69) is 19.2 Å². The molecule has 1 aromatic heterocycles. The second-order valence-electron chi connectivity index (χ2n) is 5.03. The van der Waals surface area contributed by atoms with Gasteiger partial charge < -0.3 is 9.59 Å². The molecule has 2 aromatic rings. The number of quaternary nitrogens is 1. The Morgan fingerprint density at radius 1 is 1.41 bits per heavy atom. The smallest absolute Gasteiger partial charge is 0.114 e. The Labute approximate surface area is 110 Å². The number of hydrogen-bond acceptors (Lipinski definition) is 2. The van der Waals surface area contributed by atoms with E-state index in [1.165, 1.54) is 20.5 Å². The zero-order valence-electron chi connectivity index (χ0n) is 9.74. The molecule has 1 aliphatic rings. The second-order valence-corrected chi connectivity index (χ2v) is 6.60. The van der Waals surface area contributed by atoms with Crippen LogP contribution in [0.15, 0.2) is 18.2 Å². The normalized spacial score (nSPS) is 23.2. The number of thiophene rings is 1. The van der Waals surface area contributed by atoms with Crippen molar-refractivity contribution in [3.05, 3.63) is 33.7 Å². The first-order chi connectivity index (χ1) is 8.11. The number of aliphatic hydroxyl groups is 1. The van der Waals surface area contributed by atoms with Crippen LogP contribution < -0.4 is 0 Å². The predicted molar refractivity (Wildman–Crippen MR) is 72.4 cm³/mol. The van der Waals surface area contributed by atoms with Crippen molar-refractivity contribution in [2.45, 2.75) is 13.1 Å². The molecule has 0 aliphatic carbocycles. The molecule has 0 fully saturated rings. The molecule has 1 atom stereocenters. The second kappa shape index (κ2) is 3.95. The summed E-state index contributed by atoms with van der Waals surface area (Å²) in [5.41, 5.74) is 1.43. The molecular weight excluding hydrogens is 254 g/mol. The Morgan fingerprint density at radius 3 is 3.00 bits per heavy atom. The number of rotatable bonds is 2. The third-order valence-electron chi connectivity index (χ3n) is 3.54. The first-order valence-corrected chi connectivity index (χ1v) is 6.95. The van der Waals surface area contributed by atoms with Gasteiger partial charge in [-0.3, -0.25) is 0 Å². The van der Waals surface area contributed by atoms with Crippen LogP contribution in [0.25, 0.3) is 10.1 Å². The van der Waals surface area contributed by atoms with Gasteiger partial charge >= 0.3 is 0 Å². The summed E-state index contributed by atoms with van der Waals surface area (Å²) in [4.78, 5) is 1.46. The number of hydrogen-bond donors (Lipinski definition) is 1. The summed E-state index contributed by atoms with van der Waals surface area (Å²) in [6, 6.07) is 6.13. The van der Waals surface area contributed by atoms with Crippen LogP contribution in [0.3, 0.4) is 0 Å². The first kappa shape index (κ1) is 11.5. The first-order valence-electron chi connectivity index (χ1n) is 5.75. The molecular formula is C13H15ClNOS+. The fourth-order valence-corrected chi connectivity index (χ4v) is 4.20. The van der Waals surface area contributed by atoms with Crippen molar-refractivity contribution in [3.63, 3.8) is 0 Å². The lowest BCUT2D eigenvalue weighted by atomic mass is 10.1. The largest absolute Gasteiger partial charge is 0.391 e. The lowest BCUT2D eigenvalue weighted by Crippen LogP contribution is -2.40. The molecule has 0 amide bonds. The van der Waals surface area contributed by atoms with Gasteiger partial charge in [-0.2, -0.15) is 0 Å². The quantitative estimate of drug-likeness (QED) is 0.831. The fraction of sp³-hybridized carbons (Fsp3) is 0.385. The SMILES string of the molecule is C[N@+]1(CCO)Cc2sc3ccc(Cl)cc3c2C1. The third kappa shape index (κ3) is 1.87. The average molecular weight is 269 g/mol. The van der Waals surface area contributed by atoms with Gasteiger partial charge in [0.25, 0.3) is 0 Å². The predicted octanol–water partition coefficient (Wildman–Crippen LogP) is 3.01. The van der Waals surface area contributed by atoms with Crippen LogP contribution in [0.2, 0.25) is 5.02 Å². The summed E-state index contributed by atoms with van der Waals surface area (Å²) < 4.78 is 2.25. The van der Waals surface area contributed by atoms with E-state index < -0.39 is 0 Å². The molecule has 1 N–H and O–H groups in total. The van der Waals surface area contributed by atoms with Crippen LogP contribution in [-0.2, 0) is 13.1 Å². The Balaban J connectivity index is 2.07. The topological polar surface area (TPSA) is 20.2 Å². The Morgan fingerprint density at radius 2 is 2.24 bits per heavy atom. The number of benzene rings is 1. The minimum absolute atomic E-state index is 0.254. The van der Waals surface area contributed by atoms with E-state index in [0.717, 1.165) is 29.1 Å². The standard InChI is InChI=1S/C13H15ClNOS/c1-15(4-5-16)7-11-10-6-9(14)2-3-12(10)17-13(11)8-15/h2-3,6,16H,4-5,7-8H2,1H3/q+1/t15-/m1/s1. The van der Waals surface area contributed by atoms with Gasteiger partial charge in [0, 0.05) is 20.7 Å². The van der Waals surface area contributed by atoms with Crippen molar-refractivity contribution in [2.24, 2.45) is 0 Å². The van der Waals surface area contributed by atoms with Gasteiger partial charge in [0.1, 0.15) is 19.6 Å². The van der Waals surface area contributed by atoms with E-state index in [0.29, 0.717) is 0 Å². The highest BCUT2D eigenvalue weighted by atomic mass is 35.5. The van der Waals surface area contributed by atoms with E-state index in [9.17, 15) is 0 Å². The average Bonchev–Trinajstić information content (AvgIpc) is 2.73. The Hall–Kier alpha value is -0.610. The number of aliphatic hydroxyl groups excluding tert-OH is 1. The zero-order chi connectivity index (χ0) is 12.0. The summed E-state index contributed by atoms with van der Waals surface area (Å²) in [5.74, 6) is 0. The number of likely N-dealkylation sites (N-methyl/N-ethyl adjacent to an activating group) is 1. The van der Waals surface area contributed by atoms with Gasteiger partial charge in [-0.15, -0.1) is 11.3 Å². The Bertz CT molecular complexity index is 580. The molecule has 0 bridgehead atoms. The van der Waals surface area contributed by atoms with E-state index in [1.54, 1.807) is 0 Å². The summed E-state index contributed by atoms with van der Waals surface area (Å²) >= 11 is 7.94. The molecule has 3 rings (SSSR count). The van der Waals surface area contributed by atoms with E-state index >= 15 is 0 Å². The third-order valence-corrected chi connectivity index (χ3v) is 4.97. The van der Waals surface area contributed by atoms with Crippen molar-refractivity contribution in [2.75, 3.05) is 20.2 Å². The number of fused-ring (bicyclic) bond motifs is 3. The van der Waals surface area contributed by atoms with Gasteiger partial charge in [-0.1, -0.05) is 11.6 Å². The molecule has 1 aromatic carbocycles. The van der Waals surface area contributed by atoms with Gasteiger partial charge in [0.05, 0.1) is 18.5 Å². The fourth-order valence-electron chi connectivity index (χ4n) is 2.66. The molecule has 4 heteroatoms. The van der Waals surface area contributed by atoms with Gasteiger partial charge in [0.2, 0.25) is 0 Å². The van der Waals surface area contributed by atoms with Gasteiger partial charge in [-0.25, -0.2) is 0 Å². The van der Waals surface area contributed by atoms with Crippen LogP contribution in [-0.4, -0.2) is 29.8 Å². The highest BCUT2D eigenvalue weighted by Gasteiger charge is 2.34. The van der Waals surface area contributed by atoms with E-state index in [4.69, 9.17) is 16.7 Å². The van der Waals surface area contributed by atoms with Crippen LogP contribution in [0, 0.1) is 0 Å². The molecule has 17 heavy (non-hydrogen) atoms. The molecule has 0 radical (unpaired) electrons. The molecule has 0 spiro atoms. The van der Waals surface area contributed by atoms with E-state index in [-0.39, 0.29) is 6.61 Å². The minimum atomic E-state index is 0.254. The monoisotopic (exact) mass is 268 g/mol. The maximum Gasteiger partial charge on any atom is 0.114 e. The van der Waals surface area contributed by atoms with Crippen LogP contribution in [0.5, 0.6) is 0 Å². The summed E-state index contributed by atoms with van der Waals surface area (Å²) in [6.07, 6.45) is 0. The minimum Gasteiger partial charge on any atom is -0.391 e. The van der Waals surface area contributed by atoms with Crippen molar-refractivity contribution in [1.29, 1.82) is 0 Å². The zero-order valence-corrected chi connectivity index (χ0v) is 11.3. The summed E-state index contributed by atoms with van der Waals surface area (Å²) in [6.45, 7) is 3.12. The maximum absolute atomic E-state index is 9.13. The lowest BCUT2D eigenvalue weighted by Gasteiger charge is -2.28. The van der Waals surface area contributed by atoms with Crippen molar-refractivity contribution >= 4 is 33.0 Å². The number of halogens is 1. The molecule has 0 unspecified atom stereocenters. The summed E-state index contributed by atoms with van der Waals surface area (Å²) in [7, 11) is 2.21. The van der Waals surface area contributed by atoms with Gasteiger partial charge in [0.15, 0.2) is 0 Å². The van der Waals surface area contributed by atoms with Crippen LogP contribution in [0.4, 0.5) is 0 Å². The summed E-state index contributed by atoms with van der Waals surface area (Å²) in [5, 5.41) is 11.2. The van der Waals surface area contributed by atoms with E-state index in [1.807, 2.05) is 17.4 Å². The number of nitrogens with zero attached hydrogens (tertiary/aromatic N) is 1. The molecule has 0 saturated carbocycles. The molecule has 90 valence electrons.